The van der Waals surface area contributed by atoms with Gasteiger partial charge in [-0.3, -0.25) is 4.79 Å². The van der Waals surface area contributed by atoms with Gasteiger partial charge in [0, 0.05) is 0 Å². The Morgan fingerprint density at radius 3 is 2.75 bits per heavy atom. The first-order valence-electron chi connectivity index (χ1n) is 5.45. The van der Waals surface area contributed by atoms with Crippen molar-refractivity contribution in [3.8, 4) is 0 Å². The van der Waals surface area contributed by atoms with Gasteiger partial charge in [-0.1, -0.05) is 6.92 Å². The summed E-state index contributed by atoms with van der Waals surface area (Å²) < 4.78 is 0. The van der Waals surface area contributed by atoms with E-state index in [1.807, 2.05) is 32.2 Å². The largest absolute Gasteiger partial charge is 0.391 e. The Balaban J connectivity index is 2.81. The first kappa shape index (κ1) is 13.2. The van der Waals surface area contributed by atoms with E-state index in [0.717, 1.165) is 16.9 Å². The number of aliphatic hydroxyl groups is 1. The maximum absolute atomic E-state index is 12.0. The lowest BCUT2D eigenvalue weighted by molar-refractivity contribution is 0.0712. The predicted octanol–water partition coefficient (Wildman–Crippen LogP) is 2.20. The van der Waals surface area contributed by atoms with Crippen LogP contribution in [0.4, 0.5) is 0 Å². The lowest BCUT2D eigenvalue weighted by atomic mass is 9.98. The van der Waals surface area contributed by atoms with Gasteiger partial charge in [0.1, 0.15) is 0 Å². The molecule has 1 rings (SSSR count). The second kappa shape index (κ2) is 4.97. The number of aryl methyl sites for hydroxylation is 1. The molecule has 0 bridgehead atoms. The normalized spacial score (nSPS) is 13.6. The maximum atomic E-state index is 12.0. The molecule has 90 valence electrons. The Morgan fingerprint density at radius 1 is 1.62 bits per heavy atom. The zero-order chi connectivity index (χ0) is 12.3. The summed E-state index contributed by atoms with van der Waals surface area (Å²) in [6.07, 6.45) is 0.267. The van der Waals surface area contributed by atoms with Crippen LogP contribution in [-0.2, 0) is 6.42 Å². The quantitative estimate of drug-likeness (QED) is 0.849. The summed E-state index contributed by atoms with van der Waals surface area (Å²) in [6.45, 7) is 7.33. The molecule has 0 aliphatic heterocycles. The Bertz CT molecular complexity index is 369. The van der Waals surface area contributed by atoms with Gasteiger partial charge in [-0.15, -0.1) is 11.3 Å². The molecule has 0 aromatic carbocycles. The van der Waals surface area contributed by atoms with Crippen LogP contribution in [0.3, 0.4) is 0 Å². The van der Waals surface area contributed by atoms with Gasteiger partial charge in [0.25, 0.3) is 5.91 Å². The third-order valence-corrected chi connectivity index (χ3v) is 3.77. The Morgan fingerprint density at radius 2 is 2.25 bits per heavy atom. The molecule has 3 nitrogen and oxygen atoms in total. The SMILES string of the molecule is CCc1ccsc1C(=O)NC(C)(C)C(C)O. The van der Waals surface area contributed by atoms with Crippen LogP contribution in [0.15, 0.2) is 11.4 Å². The summed E-state index contributed by atoms with van der Waals surface area (Å²) in [5, 5.41) is 14.3. The molecule has 0 fully saturated rings. The molecule has 1 amide bonds. The number of aliphatic hydroxyl groups excluding tert-OH is 1. The highest BCUT2D eigenvalue weighted by atomic mass is 32.1. The van der Waals surface area contributed by atoms with Crippen molar-refractivity contribution in [1.82, 2.24) is 5.32 Å². The number of carbonyl (C=O) groups is 1. The van der Waals surface area contributed by atoms with Gasteiger partial charge in [-0.05, 0) is 44.2 Å². The summed E-state index contributed by atoms with van der Waals surface area (Å²) in [5.41, 5.74) is 0.454. The number of nitrogens with one attached hydrogen (secondary N) is 1. The lowest BCUT2D eigenvalue weighted by Gasteiger charge is -2.29. The number of carbonyl (C=O) groups excluding carboxylic acids is 1. The van der Waals surface area contributed by atoms with Crippen molar-refractivity contribution in [2.24, 2.45) is 0 Å². The van der Waals surface area contributed by atoms with Gasteiger partial charge in [0.2, 0.25) is 0 Å². The fourth-order valence-electron chi connectivity index (χ4n) is 1.27. The van der Waals surface area contributed by atoms with Crippen LogP contribution in [0.5, 0.6) is 0 Å². The highest BCUT2D eigenvalue weighted by molar-refractivity contribution is 7.12. The number of rotatable bonds is 4. The Labute approximate surface area is 100 Å². The summed E-state index contributed by atoms with van der Waals surface area (Å²) >= 11 is 1.44. The van der Waals surface area contributed by atoms with Crippen molar-refractivity contribution in [3.63, 3.8) is 0 Å². The third-order valence-electron chi connectivity index (χ3n) is 2.81. The molecule has 0 saturated heterocycles. The fraction of sp³-hybridized carbons (Fsp3) is 0.583. The molecule has 1 unspecified atom stereocenters. The van der Waals surface area contributed by atoms with Gasteiger partial charge < -0.3 is 10.4 Å². The van der Waals surface area contributed by atoms with Gasteiger partial charge in [0.05, 0.1) is 16.5 Å². The smallest absolute Gasteiger partial charge is 0.262 e. The summed E-state index contributed by atoms with van der Waals surface area (Å²) in [7, 11) is 0. The molecule has 1 aromatic rings. The van der Waals surface area contributed by atoms with E-state index >= 15 is 0 Å². The standard InChI is InChI=1S/C12H19NO2S/c1-5-9-6-7-16-10(9)11(15)13-12(3,4)8(2)14/h6-8,14H,5H2,1-4H3,(H,13,15). The average molecular weight is 241 g/mol. The van der Waals surface area contributed by atoms with Gasteiger partial charge in [-0.2, -0.15) is 0 Å². The minimum atomic E-state index is -0.605. The molecular weight excluding hydrogens is 222 g/mol. The Kier molecular flexibility index (Phi) is 4.10. The second-order valence-corrected chi connectivity index (χ2v) is 5.40. The van der Waals surface area contributed by atoms with Crippen molar-refractivity contribution in [2.75, 3.05) is 0 Å². The summed E-state index contributed by atoms with van der Waals surface area (Å²) in [4.78, 5) is 12.7. The number of hydrogen-bond acceptors (Lipinski definition) is 3. The van der Waals surface area contributed by atoms with Crippen molar-refractivity contribution in [2.45, 2.75) is 45.8 Å². The average Bonchev–Trinajstić information content (AvgIpc) is 2.64. The third kappa shape index (κ3) is 2.83. The van der Waals surface area contributed by atoms with Crippen LogP contribution < -0.4 is 5.32 Å². The van der Waals surface area contributed by atoms with Crippen LogP contribution in [0.1, 0.15) is 42.9 Å². The molecule has 4 heteroatoms. The monoisotopic (exact) mass is 241 g/mol. The highest BCUT2D eigenvalue weighted by Gasteiger charge is 2.27. The topological polar surface area (TPSA) is 49.3 Å². The first-order valence-corrected chi connectivity index (χ1v) is 6.33. The van der Waals surface area contributed by atoms with Crippen LogP contribution in [0, 0.1) is 0 Å². The van der Waals surface area contributed by atoms with Crippen molar-refractivity contribution >= 4 is 17.2 Å². The zero-order valence-corrected chi connectivity index (χ0v) is 11.0. The van der Waals surface area contributed by atoms with Crippen LogP contribution in [-0.4, -0.2) is 22.7 Å². The van der Waals surface area contributed by atoms with E-state index in [4.69, 9.17) is 0 Å². The van der Waals surface area contributed by atoms with E-state index in [2.05, 4.69) is 5.32 Å². The van der Waals surface area contributed by atoms with Crippen LogP contribution >= 0.6 is 11.3 Å². The van der Waals surface area contributed by atoms with Crippen LogP contribution in [0.25, 0.3) is 0 Å². The highest BCUT2D eigenvalue weighted by Crippen LogP contribution is 2.19. The molecule has 2 N–H and O–H groups in total. The molecule has 0 aliphatic rings. The first-order chi connectivity index (χ1) is 7.38. The van der Waals surface area contributed by atoms with Crippen molar-refractivity contribution in [1.29, 1.82) is 0 Å². The maximum Gasteiger partial charge on any atom is 0.262 e. The number of hydrogen-bond donors (Lipinski definition) is 2. The predicted molar refractivity (Wildman–Crippen MR) is 66.9 cm³/mol. The van der Waals surface area contributed by atoms with Gasteiger partial charge >= 0.3 is 0 Å². The molecule has 1 atom stereocenters. The van der Waals surface area contributed by atoms with E-state index in [-0.39, 0.29) is 5.91 Å². The molecule has 1 heterocycles. The lowest BCUT2D eigenvalue weighted by Crippen LogP contribution is -2.50. The Hall–Kier alpha value is -0.870. The molecule has 0 saturated carbocycles. The molecule has 0 spiro atoms. The minimum absolute atomic E-state index is 0.0993. The zero-order valence-electron chi connectivity index (χ0n) is 10.2. The molecule has 16 heavy (non-hydrogen) atoms. The van der Waals surface area contributed by atoms with E-state index < -0.39 is 11.6 Å². The van der Waals surface area contributed by atoms with Gasteiger partial charge in [0.15, 0.2) is 0 Å². The molecule has 1 aromatic heterocycles. The summed E-state index contributed by atoms with van der Waals surface area (Å²) in [6, 6.07) is 1.97. The van der Waals surface area contributed by atoms with Crippen molar-refractivity contribution in [3.05, 3.63) is 21.9 Å². The number of thiophene rings is 1. The molecule has 0 radical (unpaired) electrons. The fourth-order valence-corrected chi connectivity index (χ4v) is 2.16. The molecule has 0 aliphatic carbocycles. The van der Waals surface area contributed by atoms with Crippen molar-refractivity contribution < 1.29 is 9.90 Å². The summed E-state index contributed by atoms with van der Waals surface area (Å²) in [5.74, 6) is -0.0993. The second-order valence-electron chi connectivity index (χ2n) is 4.48. The number of amides is 1. The van der Waals surface area contributed by atoms with E-state index in [0.29, 0.717) is 0 Å². The molecular formula is C12H19NO2S. The van der Waals surface area contributed by atoms with Gasteiger partial charge in [-0.25, -0.2) is 0 Å². The van der Waals surface area contributed by atoms with E-state index in [1.165, 1.54) is 11.3 Å². The van der Waals surface area contributed by atoms with Crippen LogP contribution in [0.2, 0.25) is 0 Å². The van der Waals surface area contributed by atoms with E-state index in [9.17, 15) is 9.90 Å². The van der Waals surface area contributed by atoms with E-state index in [1.54, 1.807) is 6.92 Å². The minimum Gasteiger partial charge on any atom is -0.391 e.